The number of rotatable bonds is 8. The minimum Gasteiger partial charge on any atom is -0.393 e. The molecule has 1 N–H and O–H groups in total. The van der Waals surface area contributed by atoms with Crippen LogP contribution in [0.5, 0.6) is 0 Å². The van der Waals surface area contributed by atoms with Gasteiger partial charge in [0.2, 0.25) is 0 Å². The van der Waals surface area contributed by atoms with Gasteiger partial charge in [0.25, 0.3) is 0 Å². The van der Waals surface area contributed by atoms with Crippen molar-refractivity contribution in [1.82, 2.24) is 0 Å². The van der Waals surface area contributed by atoms with Gasteiger partial charge in [-0.05, 0) is 18.8 Å². The molecule has 0 heterocycles. The smallest absolute Gasteiger partial charge is 0.0566 e. The summed E-state index contributed by atoms with van der Waals surface area (Å²) < 4.78 is 4.98. The van der Waals surface area contributed by atoms with Gasteiger partial charge in [0, 0.05) is 13.7 Å². The van der Waals surface area contributed by atoms with Gasteiger partial charge in [0.15, 0.2) is 0 Å². The summed E-state index contributed by atoms with van der Waals surface area (Å²) in [5, 5.41) is 9.72. The Morgan fingerprint density at radius 1 is 1.23 bits per heavy atom. The van der Waals surface area contributed by atoms with Crippen molar-refractivity contribution in [2.45, 2.75) is 52.1 Å². The fourth-order valence-corrected chi connectivity index (χ4v) is 1.38. The van der Waals surface area contributed by atoms with Crippen LogP contribution in [-0.2, 0) is 4.74 Å². The van der Waals surface area contributed by atoms with E-state index in [4.69, 9.17) is 4.74 Å². The van der Waals surface area contributed by atoms with Crippen LogP contribution in [0.4, 0.5) is 0 Å². The lowest BCUT2D eigenvalue weighted by atomic mass is 9.96. The van der Waals surface area contributed by atoms with Crippen LogP contribution in [0.1, 0.15) is 46.0 Å². The molecule has 2 unspecified atom stereocenters. The van der Waals surface area contributed by atoms with Gasteiger partial charge >= 0.3 is 0 Å². The Morgan fingerprint density at radius 3 is 2.46 bits per heavy atom. The molecular formula is C11H24O2. The van der Waals surface area contributed by atoms with Crippen LogP contribution in [0, 0.1) is 5.92 Å². The normalized spacial score (nSPS) is 15.7. The largest absolute Gasteiger partial charge is 0.393 e. The molecule has 0 rings (SSSR count). The Balaban J connectivity index is 3.38. The van der Waals surface area contributed by atoms with Gasteiger partial charge in [-0.25, -0.2) is 0 Å². The van der Waals surface area contributed by atoms with E-state index in [1.54, 1.807) is 7.11 Å². The summed E-state index contributed by atoms with van der Waals surface area (Å²) in [6.07, 6.45) is 5.37. The van der Waals surface area contributed by atoms with Gasteiger partial charge in [0.1, 0.15) is 0 Å². The van der Waals surface area contributed by atoms with Gasteiger partial charge in [-0.3, -0.25) is 0 Å². The molecule has 0 fully saturated rings. The van der Waals surface area contributed by atoms with E-state index in [9.17, 15) is 5.11 Å². The molecule has 2 atom stereocenters. The topological polar surface area (TPSA) is 29.5 Å². The molecule has 0 aliphatic carbocycles. The summed E-state index contributed by atoms with van der Waals surface area (Å²) in [5.74, 6) is 0.372. The molecule has 0 aliphatic heterocycles. The molecule has 0 aromatic rings. The molecule has 0 aliphatic rings. The Hall–Kier alpha value is -0.0800. The number of aliphatic hydroxyl groups excluding tert-OH is 1. The number of ether oxygens (including phenoxy) is 1. The van der Waals surface area contributed by atoms with Crippen LogP contribution >= 0.6 is 0 Å². The predicted molar refractivity (Wildman–Crippen MR) is 55.8 cm³/mol. The first-order valence-corrected chi connectivity index (χ1v) is 5.39. The lowest BCUT2D eigenvalue weighted by Gasteiger charge is -2.18. The van der Waals surface area contributed by atoms with Crippen molar-refractivity contribution < 1.29 is 9.84 Å². The summed E-state index contributed by atoms with van der Waals surface area (Å²) in [7, 11) is 1.70. The van der Waals surface area contributed by atoms with E-state index in [1.807, 2.05) is 0 Å². The molecular weight excluding hydrogens is 164 g/mol. The highest BCUT2D eigenvalue weighted by molar-refractivity contribution is 4.64. The first-order valence-electron chi connectivity index (χ1n) is 5.39. The van der Waals surface area contributed by atoms with Crippen molar-refractivity contribution >= 4 is 0 Å². The summed E-state index contributed by atoms with van der Waals surface area (Å²) in [5.41, 5.74) is 0. The Labute approximate surface area is 82.3 Å². The van der Waals surface area contributed by atoms with Crippen LogP contribution in [0.3, 0.4) is 0 Å². The van der Waals surface area contributed by atoms with E-state index in [2.05, 4.69) is 13.8 Å². The average molecular weight is 188 g/mol. The highest BCUT2D eigenvalue weighted by Gasteiger charge is 2.12. The maximum atomic E-state index is 9.72. The van der Waals surface area contributed by atoms with Crippen molar-refractivity contribution in [1.29, 1.82) is 0 Å². The van der Waals surface area contributed by atoms with Crippen LogP contribution in [0.2, 0.25) is 0 Å². The lowest BCUT2D eigenvalue weighted by Crippen LogP contribution is -2.18. The van der Waals surface area contributed by atoms with Crippen molar-refractivity contribution in [3.63, 3.8) is 0 Å². The monoisotopic (exact) mass is 188 g/mol. The van der Waals surface area contributed by atoms with Gasteiger partial charge in [-0.1, -0.05) is 33.1 Å². The maximum absolute atomic E-state index is 9.72. The molecule has 0 radical (unpaired) electrons. The molecule has 0 bridgehead atoms. The average Bonchev–Trinajstić information content (AvgIpc) is 2.14. The number of hydrogen-bond donors (Lipinski definition) is 1. The highest BCUT2D eigenvalue weighted by Crippen LogP contribution is 2.14. The first-order chi connectivity index (χ1) is 6.22. The van der Waals surface area contributed by atoms with Gasteiger partial charge in [-0.15, -0.1) is 0 Å². The zero-order valence-corrected chi connectivity index (χ0v) is 9.25. The minimum atomic E-state index is -0.137. The second-order valence-electron chi connectivity index (χ2n) is 3.82. The van der Waals surface area contributed by atoms with Crippen LogP contribution in [0.25, 0.3) is 0 Å². The number of unbranched alkanes of at least 4 members (excludes halogenated alkanes) is 2. The van der Waals surface area contributed by atoms with Crippen molar-refractivity contribution in [3.05, 3.63) is 0 Å². The maximum Gasteiger partial charge on any atom is 0.0566 e. The molecule has 0 saturated carbocycles. The molecule has 13 heavy (non-hydrogen) atoms. The van der Waals surface area contributed by atoms with E-state index in [-0.39, 0.29) is 6.10 Å². The molecule has 0 saturated heterocycles. The van der Waals surface area contributed by atoms with Gasteiger partial charge in [-0.2, -0.15) is 0 Å². The SMILES string of the molecule is CCCCCC(O)C(C)CCOC. The van der Waals surface area contributed by atoms with Crippen LogP contribution < -0.4 is 0 Å². The van der Waals surface area contributed by atoms with E-state index < -0.39 is 0 Å². The second-order valence-corrected chi connectivity index (χ2v) is 3.82. The van der Waals surface area contributed by atoms with E-state index in [0.717, 1.165) is 25.9 Å². The number of aliphatic hydroxyl groups is 1. The van der Waals surface area contributed by atoms with E-state index >= 15 is 0 Å². The first kappa shape index (κ1) is 12.9. The van der Waals surface area contributed by atoms with Crippen LogP contribution in [0.15, 0.2) is 0 Å². The highest BCUT2D eigenvalue weighted by atomic mass is 16.5. The van der Waals surface area contributed by atoms with Gasteiger partial charge in [0.05, 0.1) is 6.10 Å². The van der Waals surface area contributed by atoms with Crippen molar-refractivity contribution in [2.24, 2.45) is 5.92 Å². The fourth-order valence-electron chi connectivity index (χ4n) is 1.38. The zero-order chi connectivity index (χ0) is 10.1. The molecule has 0 aromatic heterocycles. The number of hydrogen-bond acceptors (Lipinski definition) is 2. The Kier molecular flexibility index (Phi) is 8.46. The van der Waals surface area contributed by atoms with Crippen molar-refractivity contribution in [2.75, 3.05) is 13.7 Å². The third-order valence-electron chi connectivity index (χ3n) is 2.54. The Bertz CT molecular complexity index is 104. The summed E-state index contributed by atoms with van der Waals surface area (Å²) >= 11 is 0. The molecule has 0 spiro atoms. The van der Waals surface area contributed by atoms with Crippen molar-refractivity contribution in [3.8, 4) is 0 Å². The number of methoxy groups -OCH3 is 1. The molecule has 80 valence electrons. The molecule has 0 aromatic carbocycles. The van der Waals surface area contributed by atoms with Gasteiger partial charge < -0.3 is 9.84 Å². The molecule has 0 amide bonds. The molecule has 2 heteroatoms. The minimum absolute atomic E-state index is 0.137. The predicted octanol–water partition coefficient (Wildman–Crippen LogP) is 2.60. The quantitative estimate of drug-likeness (QED) is 0.593. The van der Waals surface area contributed by atoms with E-state index in [1.165, 1.54) is 12.8 Å². The third kappa shape index (κ3) is 7.03. The molecule has 2 nitrogen and oxygen atoms in total. The van der Waals surface area contributed by atoms with Crippen LogP contribution in [-0.4, -0.2) is 24.9 Å². The standard InChI is InChI=1S/C11H24O2/c1-4-5-6-7-11(12)10(2)8-9-13-3/h10-12H,4-9H2,1-3H3. The fraction of sp³-hybridized carbons (Fsp3) is 1.00. The second kappa shape index (κ2) is 8.52. The third-order valence-corrected chi connectivity index (χ3v) is 2.54. The Morgan fingerprint density at radius 2 is 1.92 bits per heavy atom. The summed E-state index contributed by atoms with van der Waals surface area (Å²) in [6, 6.07) is 0. The lowest BCUT2D eigenvalue weighted by molar-refractivity contribution is 0.0799. The summed E-state index contributed by atoms with van der Waals surface area (Å²) in [6.45, 7) is 5.03. The summed E-state index contributed by atoms with van der Waals surface area (Å²) in [4.78, 5) is 0. The zero-order valence-electron chi connectivity index (χ0n) is 9.25. The van der Waals surface area contributed by atoms with E-state index in [0.29, 0.717) is 5.92 Å².